The van der Waals surface area contributed by atoms with Crippen LogP contribution in [-0.2, 0) is 4.74 Å². The molecule has 1 aliphatic heterocycles. The highest BCUT2D eigenvalue weighted by Crippen LogP contribution is 2.31. The first-order valence-corrected chi connectivity index (χ1v) is 5.94. The van der Waals surface area contributed by atoms with Crippen LogP contribution in [0.4, 0.5) is 5.82 Å². The molecule has 1 saturated heterocycles. The van der Waals surface area contributed by atoms with Crippen LogP contribution in [0.15, 0.2) is 12.7 Å². The lowest BCUT2D eigenvalue weighted by Gasteiger charge is -2.16. The van der Waals surface area contributed by atoms with E-state index in [1.807, 2.05) is 0 Å². The highest BCUT2D eigenvalue weighted by Gasteiger charge is 2.43. The van der Waals surface area contributed by atoms with Crippen molar-refractivity contribution in [3.8, 4) is 0 Å². The van der Waals surface area contributed by atoms with Crippen LogP contribution in [0.1, 0.15) is 6.23 Å². The number of hydrogen-bond acceptors (Lipinski definition) is 9. The fraction of sp³-hybridized carbons (Fsp3) is 0.500. The number of nitrogens with one attached hydrogen (secondary N) is 1. The molecule has 2 aromatic rings. The van der Waals surface area contributed by atoms with Gasteiger partial charge in [-0.2, -0.15) is 0 Å². The van der Waals surface area contributed by atoms with Gasteiger partial charge in [0.2, 0.25) is 0 Å². The van der Waals surface area contributed by atoms with Crippen LogP contribution >= 0.6 is 0 Å². The Morgan fingerprint density at radius 3 is 2.75 bits per heavy atom. The van der Waals surface area contributed by atoms with Crippen LogP contribution in [0.2, 0.25) is 0 Å². The maximum Gasteiger partial charge on any atom is 0.171 e. The quantitative estimate of drug-likeness (QED) is 0.310. The van der Waals surface area contributed by atoms with Crippen molar-refractivity contribution >= 4 is 17.0 Å². The molecule has 3 heterocycles. The minimum atomic E-state index is -1.20. The molecule has 1 fully saturated rings. The monoisotopic (exact) mass is 282 g/mol. The number of ether oxygens (including phenoxy) is 1. The predicted octanol–water partition coefficient (Wildman–Crippen LogP) is -2.28. The maximum atomic E-state index is 10.00. The van der Waals surface area contributed by atoms with Gasteiger partial charge in [0.15, 0.2) is 23.2 Å². The smallest absolute Gasteiger partial charge is 0.171 e. The average Bonchev–Trinajstić information content (AvgIpc) is 3.01. The van der Waals surface area contributed by atoms with E-state index in [0.717, 1.165) is 0 Å². The number of nitrogens with zero attached hydrogens (tertiary/aromatic N) is 4. The van der Waals surface area contributed by atoms with E-state index in [1.54, 1.807) is 0 Å². The molecule has 0 spiro atoms. The van der Waals surface area contributed by atoms with Crippen molar-refractivity contribution in [3.05, 3.63) is 12.7 Å². The second-order valence-electron chi connectivity index (χ2n) is 4.42. The highest BCUT2D eigenvalue weighted by atomic mass is 16.6. The molecule has 4 atom stereocenters. The molecule has 1 aliphatic rings. The summed E-state index contributed by atoms with van der Waals surface area (Å²) in [6.07, 6.45) is -1.45. The third kappa shape index (κ3) is 1.82. The summed E-state index contributed by atoms with van der Waals surface area (Å²) in [4.78, 5) is 12.1. The Bertz CT molecular complexity index is 619. The zero-order chi connectivity index (χ0) is 14.3. The van der Waals surface area contributed by atoms with Gasteiger partial charge >= 0.3 is 0 Å². The van der Waals surface area contributed by atoms with E-state index >= 15 is 0 Å². The molecule has 0 aromatic carbocycles. The molecule has 0 amide bonds. The van der Waals surface area contributed by atoms with Crippen LogP contribution < -0.4 is 11.3 Å². The summed E-state index contributed by atoms with van der Waals surface area (Å²) in [5.41, 5.74) is 3.20. The van der Waals surface area contributed by atoms with Crippen molar-refractivity contribution < 1.29 is 20.1 Å². The second-order valence-corrected chi connectivity index (χ2v) is 4.42. The van der Waals surface area contributed by atoms with Gasteiger partial charge in [-0.25, -0.2) is 20.8 Å². The number of hydrogen-bond donors (Lipinski definition) is 5. The van der Waals surface area contributed by atoms with Gasteiger partial charge in [0, 0.05) is 0 Å². The number of aliphatic hydroxyl groups excluding tert-OH is 3. The van der Waals surface area contributed by atoms with Crippen molar-refractivity contribution in [2.75, 3.05) is 12.0 Å². The zero-order valence-corrected chi connectivity index (χ0v) is 10.3. The van der Waals surface area contributed by atoms with Crippen LogP contribution in [0.3, 0.4) is 0 Å². The van der Waals surface area contributed by atoms with Crippen molar-refractivity contribution in [1.29, 1.82) is 0 Å². The Balaban J connectivity index is 2.03. The average molecular weight is 282 g/mol. The standard InChI is InChI=1S/C10H14N6O4/c11-15-8-5-9(13-2-12-8)16(3-14-5)10-7(19)6(18)4(1-17)20-10/h2-4,6-7,10,17-19H,1,11H2,(H,12,13,15). The number of rotatable bonds is 3. The third-order valence-electron chi connectivity index (χ3n) is 3.29. The first kappa shape index (κ1) is 13.1. The molecule has 4 unspecified atom stereocenters. The maximum absolute atomic E-state index is 10.00. The second kappa shape index (κ2) is 4.92. The van der Waals surface area contributed by atoms with Gasteiger partial charge in [0.1, 0.15) is 24.6 Å². The SMILES string of the molecule is NNc1ncnc2c1ncn2C1OC(CO)C(O)C1O. The number of aliphatic hydroxyl groups is 3. The van der Waals surface area contributed by atoms with E-state index in [1.165, 1.54) is 17.2 Å². The van der Waals surface area contributed by atoms with E-state index in [0.29, 0.717) is 17.0 Å². The lowest BCUT2D eigenvalue weighted by atomic mass is 10.1. The number of nitrogen functional groups attached to an aromatic ring is 1. The largest absolute Gasteiger partial charge is 0.394 e. The van der Waals surface area contributed by atoms with Crippen LogP contribution in [0, 0.1) is 0 Å². The fourth-order valence-corrected chi connectivity index (χ4v) is 2.25. The number of fused-ring (bicyclic) bond motifs is 1. The van der Waals surface area contributed by atoms with E-state index < -0.39 is 31.1 Å². The van der Waals surface area contributed by atoms with Crippen molar-refractivity contribution in [2.45, 2.75) is 24.5 Å². The molecule has 2 aromatic heterocycles. The van der Waals surface area contributed by atoms with Crippen molar-refractivity contribution in [1.82, 2.24) is 19.5 Å². The predicted molar refractivity (Wildman–Crippen MR) is 66.1 cm³/mol. The number of imidazole rings is 1. The lowest BCUT2D eigenvalue weighted by Crippen LogP contribution is -2.33. The highest BCUT2D eigenvalue weighted by molar-refractivity contribution is 5.82. The summed E-state index contributed by atoms with van der Waals surface area (Å²) in [6, 6.07) is 0. The summed E-state index contributed by atoms with van der Waals surface area (Å²) < 4.78 is 6.88. The molecule has 10 heteroatoms. The number of anilines is 1. The van der Waals surface area contributed by atoms with Gasteiger partial charge in [0.25, 0.3) is 0 Å². The summed E-state index contributed by atoms with van der Waals surface area (Å²) in [5, 5.41) is 28.9. The van der Waals surface area contributed by atoms with Crippen molar-refractivity contribution in [3.63, 3.8) is 0 Å². The lowest BCUT2D eigenvalue weighted by molar-refractivity contribution is -0.0511. The minimum Gasteiger partial charge on any atom is -0.394 e. The Labute approximate surface area is 112 Å². The molecule has 0 saturated carbocycles. The summed E-state index contributed by atoms with van der Waals surface area (Å²) in [6.45, 7) is -0.397. The van der Waals surface area contributed by atoms with Crippen LogP contribution in [0.25, 0.3) is 11.2 Å². The molecule has 0 aliphatic carbocycles. The zero-order valence-electron chi connectivity index (χ0n) is 10.3. The number of hydrazine groups is 1. The summed E-state index contributed by atoms with van der Waals surface area (Å²) in [5.74, 6) is 5.66. The molecular weight excluding hydrogens is 268 g/mol. The van der Waals surface area contributed by atoms with Gasteiger partial charge in [0.05, 0.1) is 12.9 Å². The van der Waals surface area contributed by atoms with E-state index in [-0.39, 0.29) is 0 Å². The Morgan fingerprint density at radius 1 is 1.30 bits per heavy atom. The van der Waals surface area contributed by atoms with Crippen LogP contribution in [-0.4, -0.2) is 59.8 Å². The normalized spacial score (nSPS) is 30.0. The van der Waals surface area contributed by atoms with E-state index in [2.05, 4.69) is 20.4 Å². The molecule has 6 N–H and O–H groups in total. The molecule has 0 bridgehead atoms. The Hall–Kier alpha value is -1.85. The Morgan fingerprint density at radius 2 is 2.10 bits per heavy atom. The summed E-state index contributed by atoms with van der Waals surface area (Å²) >= 11 is 0. The molecular formula is C10H14N6O4. The number of aromatic nitrogens is 4. The first-order chi connectivity index (χ1) is 9.67. The molecule has 10 nitrogen and oxygen atoms in total. The molecule has 0 radical (unpaired) electrons. The molecule has 3 rings (SSSR count). The summed E-state index contributed by atoms with van der Waals surface area (Å²) in [7, 11) is 0. The third-order valence-corrected chi connectivity index (χ3v) is 3.29. The number of nitrogens with two attached hydrogens (primary N) is 1. The van der Waals surface area contributed by atoms with E-state index in [4.69, 9.17) is 15.7 Å². The van der Waals surface area contributed by atoms with E-state index in [9.17, 15) is 10.2 Å². The first-order valence-electron chi connectivity index (χ1n) is 5.94. The fourth-order valence-electron chi connectivity index (χ4n) is 2.25. The Kier molecular flexibility index (Phi) is 3.23. The van der Waals surface area contributed by atoms with Gasteiger partial charge in [-0.15, -0.1) is 0 Å². The minimum absolute atomic E-state index is 0.334. The van der Waals surface area contributed by atoms with Gasteiger partial charge in [-0.05, 0) is 0 Å². The van der Waals surface area contributed by atoms with Gasteiger partial charge in [-0.3, -0.25) is 4.57 Å². The molecule has 20 heavy (non-hydrogen) atoms. The van der Waals surface area contributed by atoms with Gasteiger partial charge < -0.3 is 25.5 Å². The topological polar surface area (TPSA) is 152 Å². The van der Waals surface area contributed by atoms with Crippen LogP contribution in [0.5, 0.6) is 0 Å². The van der Waals surface area contributed by atoms with Gasteiger partial charge in [-0.1, -0.05) is 0 Å². The molecule has 108 valence electrons. The van der Waals surface area contributed by atoms with Crippen molar-refractivity contribution in [2.24, 2.45) is 5.84 Å².